The Bertz CT molecular complexity index is 1070. The first-order valence-corrected chi connectivity index (χ1v) is 10.8. The van der Waals surface area contributed by atoms with E-state index < -0.39 is 17.7 Å². The second-order valence-corrected chi connectivity index (χ2v) is 8.49. The maximum absolute atomic E-state index is 13.2. The molecule has 1 aliphatic rings. The van der Waals surface area contributed by atoms with Crippen LogP contribution in [-0.2, 0) is 14.3 Å². The van der Waals surface area contributed by atoms with Gasteiger partial charge in [0.15, 0.2) is 0 Å². The number of aliphatic hydroxyl groups excluding tert-OH is 1. The maximum Gasteiger partial charge on any atom is 0.295 e. The molecule has 6 nitrogen and oxygen atoms in total. The lowest BCUT2D eigenvalue weighted by Crippen LogP contribution is -2.33. The molecule has 1 atom stereocenters. The Morgan fingerprint density at radius 2 is 1.81 bits per heavy atom. The summed E-state index contributed by atoms with van der Waals surface area (Å²) in [5, 5.41) is 11.4. The molecular weight excluding hydrogens is 406 g/mol. The summed E-state index contributed by atoms with van der Waals surface area (Å²) in [6.07, 6.45) is 0.00349. The quantitative estimate of drug-likeness (QED) is 0.393. The van der Waals surface area contributed by atoms with Gasteiger partial charge in [-0.15, -0.1) is 0 Å². The number of Topliss-reactive ketones (excluding diaryl/α,β-unsaturated/α-hetero) is 1. The number of aliphatic hydroxyl groups is 1. The van der Waals surface area contributed by atoms with Crippen LogP contribution in [0.5, 0.6) is 5.75 Å². The fourth-order valence-corrected chi connectivity index (χ4v) is 4.23. The molecule has 1 N–H and O–H groups in total. The van der Waals surface area contributed by atoms with Crippen molar-refractivity contribution in [1.29, 1.82) is 0 Å². The predicted octanol–water partition coefficient (Wildman–Crippen LogP) is 4.47. The third-order valence-electron chi connectivity index (χ3n) is 5.56. The van der Waals surface area contributed by atoms with Crippen LogP contribution >= 0.6 is 0 Å². The number of methoxy groups -OCH3 is 1. The molecule has 1 amide bonds. The Kier molecular flexibility index (Phi) is 7.04. The number of aryl methyl sites for hydroxylation is 3. The van der Waals surface area contributed by atoms with E-state index in [4.69, 9.17) is 9.47 Å². The highest BCUT2D eigenvalue weighted by atomic mass is 16.5. The Morgan fingerprint density at radius 1 is 1.09 bits per heavy atom. The summed E-state index contributed by atoms with van der Waals surface area (Å²) in [6.45, 7) is 10.1. The minimum Gasteiger partial charge on any atom is -0.507 e. The van der Waals surface area contributed by atoms with E-state index >= 15 is 0 Å². The Balaban J connectivity index is 2.20. The van der Waals surface area contributed by atoms with Gasteiger partial charge in [-0.2, -0.15) is 0 Å². The molecular formula is C26H31NO5. The number of amides is 1. The van der Waals surface area contributed by atoms with Crippen molar-refractivity contribution in [2.75, 3.05) is 20.3 Å². The highest BCUT2D eigenvalue weighted by molar-refractivity contribution is 6.46. The van der Waals surface area contributed by atoms with Crippen molar-refractivity contribution >= 4 is 17.4 Å². The van der Waals surface area contributed by atoms with Crippen molar-refractivity contribution in [2.24, 2.45) is 0 Å². The number of nitrogens with zero attached hydrogens (tertiary/aromatic N) is 1. The average Bonchev–Trinajstić information content (AvgIpc) is 2.97. The highest BCUT2D eigenvalue weighted by Gasteiger charge is 2.46. The summed E-state index contributed by atoms with van der Waals surface area (Å²) in [7, 11) is 1.52. The van der Waals surface area contributed by atoms with Crippen molar-refractivity contribution in [2.45, 2.75) is 46.8 Å². The monoisotopic (exact) mass is 437 g/mol. The van der Waals surface area contributed by atoms with E-state index in [1.807, 2.05) is 65.0 Å². The van der Waals surface area contributed by atoms with Crippen molar-refractivity contribution < 1.29 is 24.2 Å². The van der Waals surface area contributed by atoms with Gasteiger partial charge in [0.25, 0.3) is 11.7 Å². The standard InChI is InChI=1S/C26H31NO5/c1-15(2)32-11-10-27-22(19-9-7-8-16(3)13-19)21(24(29)26(27)30)23(28)20-14-17(4)12-18(5)25(20)31-6/h7-9,12-15,22,28H,10-11H2,1-6H3/b23-21+. The SMILES string of the molecule is COc1c(C)cc(C)cc1/C(O)=C1\C(=O)C(=O)N(CCOC(C)C)C1c1cccc(C)c1. The lowest BCUT2D eigenvalue weighted by Gasteiger charge is -2.26. The first kappa shape index (κ1) is 23.5. The second kappa shape index (κ2) is 9.57. The third kappa shape index (κ3) is 4.55. The topological polar surface area (TPSA) is 76.1 Å². The van der Waals surface area contributed by atoms with E-state index in [0.717, 1.165) is 22.3 Å². The Hall–Kier alpha value is -3.12. The number of ether oxygens (including phenoxy) is 2. The minimum atomic E-state index is -0.712. The van der Waals surface area contributed by atoms with Crippen molar-refractivity contribution in [1.82, 2.24) is 4.90 Å². The van der Waals surface area contributed by atoms with Gasteiger partial charge < -0.3 is 19.5 Å². The number of carbonyl (C=O) groups excluding carboxylic acids is 2. The molecule has 0 radical (unpaired) electrons. The number of rotatable bonds is 7. The van der Waals surface area contributed by atoms with Crippen LogP contribution in [0.15, 0.2) is 42.0 Å². The Morgan fingerprint density at radius 3 is 2.44 bits per heavy atom. The number of benzene rings is 2. The van der Waals surface area contributed by atoms with Gasteiger partial charge in [0, 0.05) is 6.54 Å². The molecule has 170 valence electrons. The first-order chi connectivity index (χ1) is 15.1. The number of hydrogen-bond donors (Lipinski definition) is 1. The molecule has 0 spiro atoms. The van der Waals surface area contributed by atoms with Crippen molar-refractivity contribution in [3.05, 3.63) is 69.8 Å². The molecule has 1 saturated heterocycles. The van der Waals surface area contributed by atoms with E-state index in [2.05, 4.69) is 0 Å². The van der Waals surface area contributed by atoms with Gasteiger partial charge >= 0.3 is 0 Å². The van der Waals surface area contributed by atoms with E-state index in [1.165, 1.54) is 12.0 Å². The molecule has 3 rings (SSSR count). The predicted molar refractivity (Wildman–Crippen MR) is 124 cm³/mol. The molecule has 32 heavy (non-hydrogen) atoms. The summed E-state index contributed by atoms with van der Waals surface area (Å²) >= 11 is 0. The first-order valence-electron chi connectivity index (χ1n) is 10.8. The summed E-state index contributed by atoms with van der Waals surface area (Å²) in [5.41, 5.74) is 3.97. The molecule has 1 unspecified atom stereocenters. The molecule has 2 aromatic carbocycles. The lowest BCUT2D eigenvalue weighted by atomic mass is 9.93. The zero-order valence-electron chi connectivity index (χ0n) is 19.6. The van der Waals surface area contributed by atoms with Crippen LogP contribution in [0.1, 0.15) is 47.7 Å². The van der Waals surface area contributed by atoms with Gasteiger partial charge in [0.2, 0.25) is 0 Å². The molecule has 0 bridgehead atoms. The molecule has 0 aromatic heterocycles. The van der Waals surface area contributed by atoms with Crippen LogP contribution in [0.25, 0.3) is 5.76 Å². The molecule has 6 heteroatoms. The third-order valence-corrected chi connectivity index (χ3v) is 5.56. The zero-order chi connectivity index (χ0) is 23.6. The Labute approximate surface area is 189 Å². The largest absolute Gasteiger partial charge is 0.507 e. The van der Waals surface area contributed by atoms with Gasteiger partial charge in [-0.25, -0.2) is 0 Å². The van der Waals surface area contributed by atoms with E-state index in [9.17, 15) is 14.7 Å². The average molecular weight is 438 g/mol. The lowest BCUT2D eigenvalue weighted by molar-refractivity contribution is -0.140. The fraction of sp³-hybridized carbons (Fsp3) is 0.385. The van der Waals surface area contributed by atoms with Crippen LogP contribution in [0.2, 0.25) is 0 Å². The van der Waals surface area contributed by atoms with Crippen LogP contribution < -0.4 is 4.74 Å². The van der Waals surface area contributed by atoms with Gasteiger partial charge in [-0.05, 0) is 57.4 Å². The highest BCUT2D eigenvalue weighted by Crippen LogP contribution is 2.41. The maximum atomic E-state index is 13.2. The summed E-state index contributed by atoms with van der Waals surface area (Å²) in [4.78, 5) is 27.7. The number of ketones is 1. The summed E-state index contributed by atoms with van der Waals surface area (Å²) in [5.74, 6) is -1.11. The molecule has 1 aliphatic heterocycles. The molecule has 1 fully saturated rings. The minimum absolute atomic E-state index is 0.00349. The number of likely N-dealkylation sites (tertiary alicyclic amines) is 1. The molecule has 2 aromatic rings. The molecule has 0 saturated carbocycles. The second-order valence-electron chi connectivity index (χ2n) is 8.49. The number of hydrogen-bond acceptors (Lipinski definition) is 5. The van der Waals surface area contributed by atoms with Crippen LogP contribution in [-0.4, -0.2) is 48.1 Å². The van der Waals surface area contributed by atoms with Crippen molar-refractivity contribution in [3.63, 3.8) is 0 Å². The normalized spacial score (nSPS) is 18.0. The summed E-state index contributed by atoms with van der Waals surface area (Å²) in [6, 6.07) is 10.6. The smallest absolute Gasteiger partial charge is 0.295 e. The van der Waals surface area contributed by atoms with Crippen LogP contribution in [0.3, 0.4) is 0 Å². The van der Waals surface area contributed by atoms with Crippen LogP contribution in [0.4, 0.5) is 0 Å². The summed E-state index contributed by atoms with van der Waals surface area (Å²) < 4.78 is 11.2. The van der Waals surface area contributed by atoms with Crippen molar-refractivity contribution in [3.8, 4) is 5.75 Å². The molecule has 0 aliphatic carbocycles. The van der Waals surface area contributed by atoms with E-state index in [-0.39, 0.29) is 24.0 Å². The molecule has 1 heterocycles. The fourth-order valence-electron chi connectivity index (χ4n) is 4.23. The van der Waals surface area contributed by atoms with Gasteiger partial charge in [0.05, 0.1) is 37.0 Å². The van der Waals surface area contributed by atoms with E-state index in [0.29, 0.717) is 17.9 Å². The van der Waals surface area contributed by atoms with E-state index in [1.54, 1.807) is 6.07 Å². The van der Waals surface area contributed by atoms with Crippen LogP contribution in [0, 0.1) is 20.8 Å². The zero-order valence-corrected chi connectivity index (χ0v) is 19.6. The van der Waals surface area contributed by atoms with Gasteiger partial charge in [-0.3, -0.25) is 9.59 Å². The van der Waals surface area contributed by atoms with Gasteiger partial charge in [-0.1, -0.05) is 35.9 Å². The van der Waals surface area contributed by atoms with Gasteiger partial charge in [0.1, 0.15) is 11.5 Å². The number of carbonyl (C=O) groups is 2.